The van der Waals surface area contributed by atoms with Gasteiger partial charge in [-0.25, -0.2) is 4.68 Å². The van der Waals surface area contributed by atoms with Crippen molar-refractivity contribution in [1.29, 1.82) is 0 Å². The minimum Gasteiger partial charge on any atom is -0.497 e. The number of rotatable bonds is 7. The number of thioether (sulfide) groups is 1. The summed E-state index contributed by atoms with van der Waals surface area (Å²) in [5.74, 6) is 2.24. The molecule has 4 rings (SSSR count). The van der Waals surface area contributed by atoms with Gasteiger partial charge in [0, 0.05) is 12.1 Å². The SMILES string of the molecule is CCOc1ccc([C@H]2Nn3c(CC)nnc3S[C@@H]2C(=O)Nc2ccc(OC)cc2)cc1. The number of methoxy groups -OCH3 is 1. The Kier molecular flexibility index (Phi) is 6.31. The van der Waals surface area contributed by atoms with E-state index in [0.717, 1.165) is 29.3 Å². The van der Waals surface area contributed by atoms with Crippen LogP contribution in [0, 0.1) is 0 Å². The smallest absolute Gasteiger partial charge is 0.240 e. The van der Waals surface area contributed by atoms with Crippen LogP contribution in [-0.2, 0) is 11.2 Å². The summed E-state index contributed by atoms with van der Waals surface area (Å²) in [5, 5.41) is 11.7. The first-order chi connectivity index (χ1) is 15.1. The Morgan fingerprint density at radius 1 is 1.10 bits per heavy atom. The van der Waals surface area contributed by atoms with Crippen molar-refractivity contribution in [3.63, 3.8) is 0 Å². The molecule has 0 bridgehead atoms. The van der Waals surface area contributed by atoms with Gasteiger partial charge in [0.2, 0.25) is 11.1 Å². The van der Waals surface area contributed by atoms with Crippen LogP contribution in [0.1, 0.15) is 31.3 Å². The summed E-state index contributed by atoms with van der Waals surface area (Å²) >= 11 is 1.40. The molecule has 8 nitrogen and oxygen atoms in total. The number of nitrogens with one attached hydrogen (secondary N) is 2. The number of carbonyl (C=O) groups excluding carboxylic acids is 1. The van der Waals surface area contributed by atoms with Crippen LogP contribution in [0.3, 0.4) is 0 Å². The lowest BCUT2D eigenvalue weighted by Gasteiger charge is -2.33. The molecule has 0 radical (unpaired) electrons. The molecule has 1 amide bonds. The third-order valence-corrected chi connectivity index (χ3v) is 6.20. The van der Waals surface area contributed by atoms with Gasteiger partial charge in [0.1, 0.15) is 16.7 Å². The summed E-state index contributed by atoms with van der Waals surface area (Å²) in [7, 11) is 1.61. The van der Waals surface area contributed by atoms with Crippen molar-refractivity contribution >= 4 is 23.4 Å². The average Bonchev–Trinajstić information content (AvgIpc) is 3.21. The van der Waals surface area contributed by atoms with Crippen LogP contribution < -0.4 is 20.2 Å². The number of aryl methyl sites for hydroxylation is 1. The molecule has 1 aliphatic rings. The summed E-state index contributed by atoms with van der Waals surface area (Å²) in [6, 6.07) is 14.8. The second-order valence-electron chi connectivity index (χ2n) is 6.95. The van der Waals surface area contributed by atoms with Gasteiger partial charge in [-0.2, -0.15) is 0 Å². The quantitative estimate of drug-likeness (QED) is 0.581. The topological polar surface area (TPSA) is 90.3 Å². The summed E-state index contributed by atoms with van der Waals surface area (Å²) in [5.41, 5.74) is 5.13. The molecule has 0 saturated carbocycles. The van der Waals surface area contributed by atoms with Gasteiger partial charge in [0.25, 0.3) is 0 Å². The number of fused-ring (bicyclic) bond motifs is 1. The Balaban J connectivity index is 1.62. The number of carbonyl (C=O) groups is 1. The summed E-state index contributed by atoms with van der Waals surface area (Å²) in [4.78, 5) is 13.3. The molecule has 1 aliphatic heterocycles. The molecule has 162 valence electrons. The van der Waals surface area contributed by atoms with Gasteiger partial charge in [-0.15, -0.1) is 10.2 Å². The minimum absolute atomic E-state index is 0.117. The third-order valence-electron chi connectivity index (χ3n) is 4.99. The highest BCUT2D eigenvalue weighted by molar-refractivity contribution is 8.00. The zero-order valence-electron chi connectivity index (χ0n) is 17.7. The van der Waals surface area contributed by atoms with Gasteiger partial charge >= 0.3 is 0 Å². The van der Waals surface area contributed by atoms with Crippen molar-refractivity contribution < 1.29 is 14.3 Å². The monoisotopic (exact) mass is 439 g/mol. The van der Waals surface area contributed by atoms with Crippen LogP contribution in [-0.4, -0.2) is 39.7 Å². The highest BCUT2D eigenvalue weighted by Crippen LogP contribution is 2.38. The molecular formula is C22H25N5O3S. The van der Waals surface area contributed by atoms with Gasteiger partial charge in [0.15, 0.2) is 5.82 Å². The molecule has 2 heterocycles. The van der Waals surface area contributed by atoms with E-state index in [1.165, 1.54) is 11.8 Å². The van der Waals surface area contributed by atoms with Crippen LogP contribution >= 0.6 is 11.8 Å². The standard InChI is InChI=1S/C22H25N5O3S/c1-4-18-24-25-22-27(18)26-19(14-6-10-17(11-7-14)30-5-2)20(31-22)21(28)23-15-8-12-16(29-3)13-9-15/h6-13,19-20,26H,4-5H2,1-3H3,(H,23,28)/t19-,20+/m1/s1. The van der Waals surface area contributed by atoms with Crippen molar-refractivity contribution in [3.8, 4) is 11.5 Å². The number of nitrogens with zero attached hydrogens (tertiary/aromatic N) is 3. The molecule has 31 heavy (non-hydrogen) atoms. The Hall–Kier alpha value is -3.20. The number of anilines is 1. The Labute approximate surface area is 185 Å². The highest BCUT2D eigenvalue weighted by Gasteiger charge is 2.37. The second-order valence-corrected chi connectivity index (χ2v) is 8.06. The molecule has 9 heteroatoms. The number of ether oxygens (including phenoxy) is 2. The van der Waals surface area contributed by atoms with Gasteiger partial charge < -0.3 is 20.2 Å². The zero-order chi connectivity index (χ0) is 21.8. The van der Waals surface area contributed by atoms with E-state index in [0.29, 0.717) is 17.5 Å². The number of aromatic nitrogens is 3. The third kappa shape index (κ3) is 4.46. The van der Waals surface area contributed by atoms with E-state index in [1.54, 1.807) is 7.11 Å². The summed E-state index contributed by atoms with van der Waals surface area (Å²) in [6.45, 7) is 4.58. The van der Waals surface area contributed by atoms with E-state index in [4.69, 9.17) is 9.47 Å². The first kappa shape index (κ1) is 21.0. The van der Waals surface area contributed by atoms with E-state index < -0.39 is 5.25 Å². The Bertz CT molecular complexity index is 1040. The van der Waals surface area contributed by atoms with Crippen molar-refractivity contribution in [3.05, 3.63) is 59.9 Å². The predicted octanol–water partition coefficient (Wildman–Crippen LogP) is 3.65. The van der Waals surface area contributed by atoms with Crippen molar-refractivity contribution in [1.82, 2.24) is 14.9 Å². The lowest BCUT2D eigenvalue weighted by molar-refractivity contribution is -0.116. The van der Waals surface area contributed by atoms with E-state index in [9.17, 15) is 4.79 Å². The number of hydrogen-bond donors (Lipinski definition) is 2. The van der Waals surface area contributed by atoms with Gasteiger partial charge in [-0.1, -0.05) is 30.8 Å². The maximum atomic E-state index is 13.3. The van der Waals surface area contributed by atoms with Crippen LogP contribution in [0.25, 0.3) is 0 Å². The molecule has 2 N–H and O–H groups in total. The molecule has 0 unspecified atom stereocenters. The van der Waals surface area contributed by atoms with Crippen LogP contribution in [0.2, 0.25) is 0 Å². The van der Waals surface area contributed by atoms with E-state index in [1.807, 2.05) is 67.1 Å². The second kappa shape index (κ2) is 9.30. The Morgan fingerprint density at radius 3 is 2.45 bits per heavy atom. The van der Waals surface area contributed by atoms with Crippen molar-refractivity contribution in [2.24, 2.45) is 0 Å². The molecule has 0 spiro atoms. The first-order valence-corrected chi connectivity index (χ1v) is 11.1. The average molecular weight is 440 g/mol. The lowest BCUT2D eigenvalue weighted by atomic mass is 10.0. The normalized spacial score (nSPS) is 17.4. The molecule has 1 aromatic heterocycles. The Morgan fingerprint density at radius 2 is 1.81 bits per heavy atom. The van der Waals surface area contributed by atoms with Crippen molar-refractivity contribution in [2.75, 3.05) is 24.5 Å². The lowest BCUT2D eigenvalue weighted by Crippen LogP contribution is -2.41. The van der Waals surface area contributed by atoms with Crippen molar-refractivity contribution in [2.45, 2.75) is 36.7 Å². The zero-order valence-corrected chi connectivity index (χ0v) is 18.5. The largest absolute Gasteiger partial charge is 0.497 e. The highest BCUT2D eigenvalue weighted by atomic mass is 32.2. The van der Waals surface area contributed by atoms with E-state index in [2.05, 4.69) is 20.9 Å². The van der Waals surface area contributed by atoms with E-state index in [-0.39, 0.29) is 11.9 Å². The maximum absolute atomic E-state index is 13.3. The number of amides is 1. The maximum Gasteiger partial charge on any atom is 0.240 e. The van der Waals surface area contributed by atoms with E-state index >= 15 is 0 Å². The van der Waals surface area contributed by atoms with Crippen LogP contribution in [0.4, 0.5) is 5.69 Å². The molecule has 2 atom stereocenters. The molecule has 2 aromatic carbocycles. The predicted molar refractivity (Wildman–Crippen MR) is 120 cm³/mol. The van der Waals surface area contributed by atoms with Crippen LogP contribution in [0.15, 0.2) is 53.7 Å². The first-order valence-electron chi connectivity index (χ1n) is 10.2. The van der Waals surface area contributed by atoms with Gasteiger partial charge in [-0.3, -0.25) is 4.79 Å². The minimum atomic E-state index is -0.443. The molecule has 0 saturated heterocycles. The molecule has 3 aromatic rings. The summed E-state index contributed by atoms with van der Waals surface area (Å²) < 4.78 is 12.6. The molecule has 0 fully saturated rings. The van der Waals surface area contributed by atoms with Gasteiger partial charge in [-0.05, 0) is 48.9 Å². The molecule has 0 aliphatic carbocycles. The van der Waals surface area contributed by atoms with Gasteiger partial charge in [0.05, 0.1) is 19.8 Å². The fourth-order valence-corrected chi connectivity index (χ4v) is 4.50. The fourth-order valence-electron chi connectivity index (χ4n) is 3.40. The van der Waals surface area contributed by atoms with Crippen LogP contribution in [0.5, 0.6) is 11.5 Å². The summed E-state index contributed by atoms with van der Waals surface area (Å²) in [6.07, 6.45) is 0.735. The fraction of sp³-hybridized carbons (Fsp3) is 0.318. The molecular weight excluding hydrogens is 414 g/mol. The number of benzene rings is 2. The number of hydrogen-bond acceptors (Lipinski definition) is 7.